The number of hydrogen-bond donors (Lipinski definition) is 1. The van der Waals surface area contributed by atoms with Crippen LogP contribution < -0.4 is 20.0 Å². The zero-order valence-electron chi connectivity index (χ0n) is 20.9. The number of carbonyl (C=O) groups excluding carboxylic acids is 2. The normalized spacial score (nSPS) is 21.5. The zero-order chi connectivity index (χ0) is 26.1. The molecule has 3 fully saturated rings. The van der Waals surface area contributed by atoms with Crippen LogP contribution in [0.3, 0.4) is 0 Å². The van der Waals surface area contributed by atoms with E-state index < -0.39 is 23.8 Å². The second-order valence-corrected chi connectivity index (χ2v) is 9.73. The monoisotopic (exact) mass is 519 g/mol. The number of carbonyl (C=O) groups is 2. The van der Waals surface area contributed by atoms with Crippen LogP contribution in [0.1, 0.15) is 25.8 Å². The van der Waals surface area contributed by atoms with Gasteiger partial charge in [0.05, 0.1) is 24.8 Å². The second kappa shape index (κ2) is 10.4. The fourth-order valence-corrected chi connectivity index (χ4v) is 4.93. The highest BCUT2D eigenvalue weighted by molar-refractivity contribution is 5.90. The third kappa shape index (κ3) is 5.43. The SMILES string of the molecule is CC(=O)NC[C@H]1CN(c2cc(F)c(N3CCC(n4nnc(N5CCN(C)CC5)n4)CC3)c(F)c2)C(=O)O1. The first-order valence-corrected chi connectivity index (χ1v) is 12.5. The van der Waals surface area contributed by atoms with Crippen molar-refractivity contribution in [3.8, 4) is 0 Å². The Kier molecular flexibility index (Phi) is 7.09. The van der Waals surface area contributed by atoms with Crippen molar-refractivity contribution in [3.63, 3.8) is 0 Å². The van der Waals surface area contributed by atoms with Crippen LogP contribution >= 0.6 is 0 Å². The third-order valence-corrected chi connectivity index (χ3v) is 7.08. The maximum Gasteiger partial charge on any atom is 0.414 e. The van der Waals surface area contributed by atoms with Crippen molar-refractivity contribution in [2.24, 2.45) is 0 Å². The molecule has 0 saturated carbocycles. The van der Waals surface area contributed by atoms with Gasteiger partial charge in [-0.25, -0.2) is 13.6 Å². The standard InChI is InChI=1S/C23H31F2N9O3/c1-15(35)26-13-18-14-33(23(36)37-18)17-11-19(24)21(20(25)12-17)31-5-3-16(4-6-31)34-28-22(27-29-34)32-9-7-30(2)8-10-32/h11-12,16,18H,3-10,13-14H2,1-2H3,(H,26,35)/t18-/m0/s1. The molecule has 1 aromatic carbocycles. The fraction of sp³-hybridized carbons (Fsp3) is 0.609. The van der Waals surface area contributed by atoms with Gasteiger partial charge in [0, 0.05) is 58.3 Å². The van der Waals surface area contributed by atoms with E-state index in [0.717, 1.165) is 38.3 Å². The molecule has 2 amide bonds. The highest BCUT2D eigenvalue weighted by atomic mass is 19.1. The van der Waals surface area contributed by atoms with E-state index in [1.165, 1.54) is 11.8 Å². The smallest absolute Gasteiger partial charge is 0.414 e. The van der Waals surface area contributed by atoms with E-state index in [2.05, 4.69) is 37.6 Å². The fourth-order valence-electron chi connectivity index (χ4n) is 4.93. The Hall–Kier alpha value is -3.55. The van der Waals surface area contributed by atoms with Gasteiger partial charge >= 0.3 is 6.09 Å². The average Bonchev–Trinajstić information content (AvgIpc) is 3.50. The first-order chi connectivity index (χ1) is 17.8. The molecule has 14 heteroatoms. The molecule has 3 aliphatic heterocycles. The number of hydrogen-bond acceptors (Lipinski definition) is 9. The molecule has 3 aliphatic rings. The Labute approximate surface area is 213 Å². The van der Waals surface area contributed by atoms with Crippen LogP contribution in [-0.2, 0) is 9.53 Å². The number of piperazine rings is 1. The molecule has 0 radical (unpaired) electrons. The molecule has 200 valence electrons. The number of halogens is 2. The van der Waals surface area contributed by atoms with Crippen molar-refractivity contribution in [3.05, 3.63) is 23.8 Å². The quantitative estimate of drug-likeness (QED) is 0.598. The lowest BCUT2D eigenvalue weighted by Crippen LogP contribution is -2.45. The largest absolute Gasteiger partial charge is 0.442 e. The first-order valence-electron chi connectivity index (χ1n) is 12.5. The lowest BCUT2D eigenvalue weighted by Gasteiger charge is -2.33. The predicted molar refractivity (Wildman–Crippen MR) is 131 cm³/mol. The molecule has 5 rings (SSSR count). The average molecular weight is 520 g/mol. The van der Waals surface area contributed by atoms with E-state index in [-0.39, 0.29) is 36.4 Å². The number of ether oxygens (including phenoxy) is 1. The molecule has 12 nitrogen and oxygen atoms in total. The van der Waals surface area contributed by atoms with Crippen molar-refractivity contribution in [2.45, 2.75) is 31.9 Å². The Morgan fingerprint density at radius 1 is 1.08 bits per heavy atom. The van der Waals surface area contributed by atoms with E-state index in [9.17, 15) is 9.59 Å². The van der Waals surface area contributed by atoms with Crippen LogP contribution in [0.5, 0.6) is 0 Å². The number of likely N-dealkylation sites (N-methyl/N-ethyl adjacent to an activating group) is 1. The molecular weight excluding hydrogens is 488 g/mol. The summed E-state index contributed by atoms with van der Waals surface area (Å²) in [7, 11) is 2.08. The summed E-state index contributed by atoms with van der Waals surface area (Å²) >= 11 is 0. The minimum atomic E-state index is -0.747. The van der Waals surface area contributed by atoms with E-state index in [1.807, 2.05) is 0 Å². The number of cyclic esters (lactones) is 1. The lowest BCUT2D eigenvalue weighted by molar-refractivity contribution is -0.119. The van der Waals surface area contributed by atoms with Gasteiger partial charge < -0.3 is 24.8 Å². The van der Waals surface area contributed by atoms with Crippen LogP contribution in [0.2, 0.25) is 0 Å². The zero-order valence-corrected chi connectivity index (χ0v) is 20.9. The van der Waals surface area contributed by atoms with E-state index in [0.29, 0.717) is 31.9 Å². The Morgan fingerprint density at radius 2 is 1.76 bits per heavy atom. The van der Waals surface area contributed by atoms with Crippen molar-refractivity contribution >= 4 is 29.3 Å². The number of amides is 2. The summed E-state index contributed by atoms with van der Waals surface area (Å²) in [5.74, 6) is -1.14. The summed E-state index contributed by atoms with van der Waals surface area (Å²) in [5.41, 5.74) is -0.0403. The Bertz CT molecular complexity index is 1120. The van der Waals surface area contributed by atoms with Crippen LogP contribution in [0.25, 0.3) is 0 Å². The molecule has 37 heavy (non-hydrogen) atoms. The van der Waals surface area contributed by atoms with Crippen LogP contribution in [0.4, 0.5) is 30.9 Å². The lowest BCUT2D eigenvalue weighted by atomic mass is 10.0. The number of rotatable bonds is 6. The number of nitrogens with one attached hydrogen (secondary N) is 1. The first kappa shape index (κ1) is 25.1. The molecule has 4 heterocycles. The van der Waals surface area contributed by atoms with Gasteiger partial charge in [-0.2, -0.15) is 4.80 Å². The van der Waals surface area contributed by atoms with Crippen molar-refractivity contribution in [1.82, 2.24) is 30.4 Å². The molecule has 2 aromatic rings. The topological polar surface area (TPSA) is 112 Å². The summed E-state index contributed by atoms with van der Waals surface area (Å²) in [4.78, 5) is 32.2. The molecule has 1 aromatic heterocycles. The van der Waals surface area contributed by atoms with Gasteiger partial charge in [-0.05, 0) is 25.1 Å². The summed E-state index contributed by atoms with van der Waals surface area (Å²) in [6, 6.07) is 2.29. The summed E-state index contributed by atoms with van der Waals surface area (Å²) < 4.78 is 35.4. The highest BCUT2D eigenvalue weighted by Crippen LogP contribution is 2.34. The highest BCUT2D eigenvalue weighted by Gasteiger charge is 2.34. The van der Waals surface area contributed by atoms with Gasteiger partial charge in [-0.3, -0.25) is 9.69 Å². The number of benzene rings is 1. The van der Waals surface area contributed by atoms with Gasteiger partial charge in [0.2, 0.25) is 5.91 Å². The van der Waals surface area contributed by atoms with Crippen molar-refractivity contribution in [2.75, 3.05) is 74.1 Å². The summed E-state index contributed by atoms with van der Waals surface area (Å²) in [6.45, 7) is 6.01. The third-order valence-electron chi connectivity index (χ3n) is 7.08. The number of piperidine rings is 1. The maximum atomic E-state index is 15.1. The number of tetrazole rings is 1. The molecule has 0 bridgehead atoms. The second-order valence-electron chi connectivity index (χ2n) is 9.73. The molecule has 3 saturated heterocycles. The summed E-state index contributed by atoms with van der Waals surface area (Å²) in [6.07, 6.45) is -0.0763. The molecule has 0 unspecified atom stereocenters. The van der Waals surface area contributed by atoms with E-state index in [4.69, 9.17) is 4.74 Å². The number of aromatic nitrogens is 4. The minimum Gasteiger partial charge on any atom is -0.442 e. The molecule has 0 spiro atoms. The summed E-state index contributed by atoms with van der Waals surface area (Å²) in [5, 5.41) is 15.6. The predicted octanol–water partition coefficient (Wildman–Crippen LogP) is 1.01. The van der Waals surface area contributed by atoms with Gasteiger partial charge in [0.25, 0.3) is 5.95 Å². The van der Waals surface area contributed by atoms with Gasteiger partial charge in [0.1, 0.15) is 11.8 Å². The van der Waals surface area contributed by atoms with E-state index >= 15 is 8.78 Å². The van der Waals surface area contributed by atoms with Gasteiger partial charge in [0.15, 0.2) is 11.6 Å². The molecule has 1 N–H and O–H groups in total. The molecular formula is C23H31F2N9O3. The molecule has 0 aliphatic carbocycles. The minimum absolute atomic E-state index is 0.00437. The van der Waals surface area contributed by atoms with Crippen LogP contribution in [0.15, 0.2) is 12.1 Å². The number of anilines is 3. The van der Waals surface area contributed by atoms with Gasteiger partial charge in [-0.1, -0.05) is 5.10 Å². The Morgan fingerprint density at radius 3 is 2.41 bits per heavy atom. The molecule has 1 atom stereocenters. The van der Waals surface area contributed by atoms with Crippen molar-refractivity contribution in [1.29, 1.82) is 0 Å². The van der Waals surface area contributed by atoms with Crippen molar-refractivity contribution < 1.29 is 23.1 Å². The number of nitrogens with zero attached hydrogens (tertiary/aromatic N) is 8. The van der Waals surface area contributed by atoms with E-state index in [1.54, 1.807) is 9.70 Å². The Balaban J connectivity index is 1.21. The van der Waals surface area contributed by atoms with Crippen LogP contribution in [0, 0.1) is 11.6 Å². The van der Waals surface area contributed by atoms with Crippen LogP contribution in [-0.4, -0.2) is 103 Å². The van der Waals surface area contributed by atoms with Gasteiger partial charge in [-0.15, -0.1) is 5.10 Å². The maximum absolute atomic E-state index is 15.1.